The molecule has 88 valence electrons. The fourth-order valence-electron chi connectivity index (χ4n) is 1.61. The summed E-state index contributed by atoms with van der Waals surface area (Å²) in [6.07, 6.45) is 0. The summed E-state index contributed by atoms with van der Waals surface area (Å²) in [5.74, 6) is -0.483. The van der Waals surface area contributed by atoms with Crippen molar-refractivity contribution >= 4 is 18.6 Å². The van der Waals surface area contributed by atoms with E-state index in [-0.39, 0.29) is 0 Å². The Labute approximate surface area is 101 Å². The second kappa shape index (κ2) is 6.55. The lowest BCUT2D eigenvalue weighted by Crippen LogP contribution is -2.42. The Morgan fingerprint density at radius 1 is 1.44 bits per heavy atom. The first-order valence-electron chi connectivity index (χ1n) is 5.30. The summed E-state index contributed by atoms with van der Waals surface area (Å²) >= 11 is 4.09. The maximum absolute atomic E-state index is 11.0. The molecule has 16 heavy (non-hydrogen) atoms. The van der Waals surface area contributed by atoms with E-state index < -0.39 is 12.0 Å². The summed E-state index contributed by atoms with van der Waals surface area (Å²) in [7, 11) is 0. The Morgan fingerprint density at radius 3 is 2.50 bits per heavy atom. The Bertz CT molecular complexity index is 329. The summed E-state index contributed by atoms with van der Waals surface area (Å²) in [4.78, 5) is 12.9. The van der Waals surface area contributed by atoms with Crippen LogP contribution < -0.4 is 0 Å². The molecule has 0 saturated carbocycles. The monoisotopic (exact) mass is 239 g/mol. The largest absolute Gasteiger partial charge is 0.480 e. The predicted molar refractivity (Wildman–Crippen MR) is 67.8 cm³/mol. The topological polar surface area (TPSA) is 40.5 Å². The molecular formula is C12H17NO2S. The molecule has 0 radical (unpaired) electrons. The van der Waals surface area contributed by atoms with Crippen molar-refractivity contribution in [1.29, 1.82) is 0 Å². The first kappa shape index (κ1) is 13.1. The van der Waals surface area contributed by atoms with E-state index in [2.05, 4.69) is 12.6 Å². The molecule has 0 aliphatic rings. The SMILES string of the molecule is CCN(Cc1ccccc1)[C@@H](CS)C(=O)O. The van der Waals surface area contributed by atoms with E-state index in [1.165, 1.54) is 0 Å². The van der Waals surface area contributed by atoms with Crippen LogP contribution >= 0.6 is 12.6 Å². The first-order valence-corrected chi connectivity index (χ1v) is 5.94. The van der Waals surface area contributed by atoms with Gasteiger partial charge in [-0.15, -0.1) is 0 Å². The minimum atomic E-state index is -0.812. The number of carbonyl (C=O) groups is 1. The first-order chi connectivity index (χ1) is 7.69. The minimum Gasteiger partial charge on any atom is -0.480 e. The number of aliphatic carboxylic acids is 1. The number of hydrogen-bond acceptors (Lipinski definition) is 3. The van der Waals surface area contributed by atoms with Gasteiger partial charge >= 0.3 is 5.97 Å². The number of benzene rings is 1. The number of nitrogens with zero attached hydrogens (tertiary/aromatic N) is 1. The van der Waals surface area contributed by atoms with Gasteiger partial charge in [-0.3, -0.25) is 9.69 Å². The quantitative estimate of drug-likeness (QED) is 0.745. The molecule has 4 heteroatoms. The van der Waals surface area contributed by atoms with E-state index in [0.29, 0.717) is 18.8 Å². The van der Waals surface area contributed by atoms with Crippen LogP contribution in [0.4, 0.5) is 0 Å². The molecule has 3 nitrogen and oxygen atoms in total. The molecule has 1 rings (SSSR count). The second-order valence-corrected chi connectivity index (χ2v) is 3.95. The van der Waals surface area contributed by atoms with Gasteiger partial charge in [0.1, 0.15) is 6.04 Å². The number of carboxylic acids is 1. The molecule has 0 saturated heterocycles. The molecule has 0 unspecified atom stereocenters. The van der Waals surface area contributed by atoms with Crippen molar-refractivity contribution in [3.8, 4) is 0 Å². The Hall–Kier alpha value is -1.00. The van der Waals surface area contributed by atoms with Crippen molar-refractivity contribution in [2.24, 2.45) is 0 Å². The molecule has 0 heterocycles. The van der Waals surface area contributed by atoms with E-state index in [0.717, 1.165) is 5.56 Å². The van der Waals surface area contributed by atoms with E-state index in [9.17, 15) is 4.79 Å². The third kappa shape index (κ3) is 3.54. The number of hydrogen-bond donors (Lipinski definition) is 2. The van der Waals surface area contributed by atoms with Crippen molar-refractivity contribution in [3.63, 3.8) is 0 Å². The molecule has 0 aromatic heterocycles. The maximum atomic E-state index is 11.0. The van der Waals surface area contributed by atoms with Gasteiger partial charge in [0.25, 0.3) is 0 Å². The maximum Gasteiger partial charge on any atom is 0.321 e. The van der Waals surface area contributed by atoms with Crippen molar-refractivity contribution in [2.45, 2.75) is 19.5 Å². The zero-order valence-electron chi connectivity index (χ0n) is 9.34. The molecule has 0 aliphatic heterocycles. The lowest BCUT2D eigenvalue weighted by Gasteiger charge is -2.26. The van der Waals surface area contributed by atoms with Crippen molar-refractivity contribution < 1.29 is 9.90 Å². The third-order valence-corrected chi connectivity index (χ3v) is 2.88. The summed E-state index contributed by atoms with van der Waals surface area (Å²) in [5, 5.41) is 9.06. The van der Waals surface area contributed by atoms with Gasteiger partial charge in [-0.25, -0.2) is 0 Å². The van der Waals surface area contributed by atoms with Gasteiger partial charge in [0.05, 0.1) is 0 Å². The van der Waals surface area contributed by atoms with Crippen LogP contribution in [0.2, 0.25) is 0 Å². The smallest absolute Gasteiger partial charge is 0.321 e. The normalized spacial score (nSPS) is 12.7. The average molecular weight is 239 g/mol. The van der Waals surface area contributed by atoms with Crippen LogP contribution in [0.5, 0.6) is 0 Å². The van der Waals surface area contributed by atoms with Crippen LogP contribution in [0, 0.1) is 0 Å². The van der Waals surface area contributed by atoms with E-state index in [4.69, 9.17) is 5.11 Å². The van der Waals surface area contributed by atoms with E-state index in [1.54, 1.807) is 0 Å². The standard InChI is InChI=1S/C12H17NO2S/c1-2-13(11(9-16)12(14)15)8-10-6-4-3-5-7-10/h3-7,11,16H,2,8-9H2,1H3,(H,14,15)/t11-/m0/s1. The van der Waals surface area contributed by atoms with Crippen LogP contribution in [0.25, 0.3) is 0 Å². The van der Waals surface area contributed by atoms with Gasteiger partial charge < -0.3 is 5.11 Å². The lowest BCUT2D eigenvalue weighted by atomic mass is 10.2. The zero-order chi connectivity index (χ0) is 12.0. The van der Waals surface area contributed by atoms with Crippen molar-refractivity contribution in [3.05, 3.63) is 35.9 Å². The van der Waals surface area contributed by atoms with Gasteiger partial charge in [-0.1, -0.05) is 37.3 Å². The van der Waals surface area contributed by atoms with Gasteiger partial charge in [0.2, 0.25) is 0 Å². The van der Waals surface area contributed by atoms with E-state index in [1.807, 2.05) is 42.2 Å². The molecule has 1 aromatic carbocycles. The fraction of sp³-hybridized carbons (Fsp3) is 0.417. The summed E-state index contributed by atoms with van der Waals surface area (Å²) in [6.45, 7) is 3.31. The molecule has 0 amide bonds. The van der Waals surface area contributed by atoms with Crippen LogP contribution in [0.1, 0.15) is 12.5 Å². The molecule has 1 atom stereocenters. The van der Waals surface area contributed by atoms with Gasteiger partial charge in [0.15, 0.2) is 0 Å². The number of likely N-dealkylation sites (N-methyl/N-ethyl adjacent to an activating group) is 1. The van der Waals surface area contributed by atoms with Crippen LogP contribution in [-0.4, -0.2) is 34.3 Å². The van der Waals surface area contributed by atoms with Crippen LogP contribution in [-0.2, 0) is 11.3 Å². The Kier molecular flexibility index (Phi) is 5.35. The van der Waals surface area contributed by atoms with Crippen LogP contribution in [0.15, 0.2) is 30.3 Å². The molecule has 0 spiro atoms. The average Bonchev–Trinajstić information content (AvgIpc) is 2.29. The van der Waals surface area contributed by atoms with Crippen LogP contribution in [0.3, 0.4) is 0 Å². The Morgan fingerprint density at radius 2 is 2.06 bits per heavy atom. The summed E-state index contributed by atoms with van der Waals surface area (Å²) in [6, 6.07) is 9.35. The summed E-state index contributed by atoms with van der Waals surface area (Å²) < 4.78 is 0. The molecule has 0 aliphatic carbocycles. The van der Waals surface area contributed by atoms with E-state index >= 15 is 0 Å². The lowest BCUT2D eigenvalue weighted by molar-refractivity contribution is -0.142. The van der Waals surface area contributed by atoms with Crippen molar-refractivity contribution in [2.75, 3.05) is 12.3 Å². The zero-order valence-corrected chi connectivity index (χ0v) is 10.2. The van der Waals surface area contributed by atoms with Gasteiger partial charge in [0, 0.05) is 12.3 Å². The molecule has 0 fully saturated rings. The third-order valence-electron chi connectivity index (χ3n) is 2.53. The highest BCUT2D eigenvalue weighted by Gasteiger charge is 2.22. The molecule has 1 aromatic rings. The number of rotatable bonds is 6. The fourth-order valence-corrected chi connectivity index (χ4v) is 2.00. The summed E-state index contributed by atoms with van der Waals surface area (Å²) in [5.41, 5.74) is 1.12. The molecular weight excluding hydrogens is 222 g/mol. The highest BCUT2D eigenvalue weighted by molar-refractivity contribution is 7.80. The highest BCUT2D eigenvalue weighted by atomic mass is 32.1. The minimum absolute atomic E-state index is 0.329. The number of carboxylic acid groups (broad SMARTS) is 1. The molecule has 1 N–H and O–H groups in total. The van der Waals surface area contributed by atoms with Gasteiger partial charge in [-0.05, 0) is 12.1 Å². The van der Waals surface area contributed by atoms with Crippen molar-refractivity contribution in [1.82, 2.24) is 4.90 Å². The Balaban J connectivity index is 2.71. The second-order valence-electron chi connectivity index (χ2n) is 3.59. The predicted octanol–water partition coefficient (Wildman–Crippen LogP) is 1.89. The number of thiol groups is 1. The molecule has 0 bridgehead atoms. The highest BCUT2D eigenvalue weighted by Crippen LogP contribution is 2.09. The van der Waals surface area contributed by atoms with Gasteiger partial charge in [-0.2, -0.15) is 12.6 Å².